The van der Waals surface area contributed by atoms with Gasteiger partial charge in [-0.15, -0.1) is 0 Å². The summed E-state index contributed by atoms with van der Waals surface area (Å²) in [6, 6.07) is 0. The lowest BCUT2D eigenvalue weighted by molar-refractivity contribution is -0.115. The fourth-order valence-corrected chi connectivity index (χ4v) is 0.855. The maximum Gasteiger partial charge on any atom is 0.162 e. The molecule has 0 saturated carbocycles. The van der Waals surface area contributed by atoms with Crippen molar-refractivity contribution in [2.75, 3.05) is 0 Å². The van der Waals surface area contributed by atoms with Gasteiger partial charge in [0, 0.05) is 0 Å². The van der Waals surface area contributed by atoms with Gasteiger partial charge in [-0.1, -0.05) is 12.7 Å². The number of Topliss-reactive ketones (excluding diaryl/α,β-unsaturated/α-hetero) is 1. The van der Waals surface area contributed by atoms with Crippen LogP contribution in [-0.2, 0) is 9.59 Å². The first-order valence-electron chi connectivity index (χ1n) is 4.34. The van der Waals surface area contributed by atoms with Crippen LogP contribution in [0.2, 0.25) is 0 Å². The standard InChI is InChI=1S/C10H16N2O2/c1-7(10(11)12)4-3-5-9(6-13)8(2)14/h5-6,10H,1,3-4,11-12H2,2H3/b9-5+. The molecule has 0 rings (SSSR count). The summed E-state index contributed by atoms with van der Waals surface area (Å²) in [7, 11) is 0. The number of carbonyl (C=O) groups excluding carboxylic acids is 2. The molecule has 4 N–H and O–H groups in total. The van der Waals surface area contributed by atoms with E-state index in [9.17, 15) is 9.59 Å². The predicted molar refractivity (Wildman–Crippen MR) is 55.4 cm³/mol. The first-order chi connectivity index (χ1) is 6.49. The molecule has 0 bridgehead atoms. The van der Waals surface area contributed by atoms with Crippen molar-refractivity contribution >= 4 is 12.1 Å². The van der Waals surface area contributed by atoms with Crippen molar-refractivity contribution in [3.8, 4) is 0 Å². The van der Waals surface area contributed by atoms with Crippen LogP contribution >= 0.6 is 0 Å². The highest BCUT2D eigenvalue weighted by Crippen LogP contribution is 2.05. The van der Waals surface area contributed by atoms with E-state index >= 15 is 0 Å². The van der Waals surface area contributed by atoms with Crippen molar-refractivity contribution in [2.45, 2.75) is 25.9 Å². The van der Waals surface area contributed by atoms with Crippen LogP contribution in [0, 0.1) is 0 Å². The quantitative estimate of drug-likeness (QED) is 0.159. The number of ketones is 1. The van der Waals surface area contributed by atoms with Gasteiger partial charge in [0.25, 0.3) is 0 Å². The van der Waals surface area contributed by atoms with E-state index in [1.165, 1.54) is 6.92 Å². The van der Waals surface area contributed by atoms with Crippen molar-refractivity contribution in [1.82, 2.24) is 0 Å². The maximum atomic E-state index is 10.8. The lowest BCUT2D eigenvalue weighted by Crippen LogP contribution is -2.32. The van der Waals surface area contributed by atoms with Gasteiger partial charge in [0.15, 0.2) is 12.1 Å². The predicted octanol–water partition coefficient (Wildman–Crippen LogP) is 0.281. The first-order valence-corrected chi connectivity index (χ1v) is 4.34. The smallest absolute Gasteiger partial charge is 0.162 e. The molecule has 78 valence electrons. The van der Waals surface area contributed by atoms with Crippen LogP contribution in [0.4, 0.5) is 0 Å². The van der Waals surface area contributed by atoms with Gasteiger partial charge in [0.2, 0.25) is 0 Å². The summed E-state index contributed by atoms with van der Waals surface area (Å²) in [5, 5.41) is 0. The highest BCUT2D eigenvalue weighted by Gasteiger charge is 2.02. The monoisotopic (exact) mass is 196 g/mol. The summed E-state index contributed by atoms with van der Waals surface area (Å²) in [6.45, 7) is 5.02. The van der Waals surface area contributed by atoms with Gasteiger partial charge in [-0.25, -0.2) is 0 Å². The Kier molecular flexibility index (Phi) is 5.67. The molecule has 0 aromatic rings. The highest BCUT2D eigenvalue weighted by molar-refractivity contribution is 6.10. The van der Waals surface area contributed by atoms with Crippen LogP contribution in [0.25, 0.3) is 0 Å². The summed E-state index contributed by atoms with van der Waals surface area (Å²) in [6.07, 6.45) is 2.72. The lowest BCUT2D eigenvalue weighted by Gasteiger charge is -2.07. The van der Waals surface area contributed by atoms with Crippen molar-refractivity contribution in [3.63, 3.8) is 0 Å². The van der Waals surface area contributed by atoms with E-state index in [2.05, 4.69) is 6.58 Å². The number of carbonyl (C=O) groups is 2. The van der Waals surface area contributed by atoms with E-state index in [0.29, 0.717) is 24.7 Å². The number of hydrogen-bond donors (Lipinski definition) is 2. The van der Waals surface area contributed by atoms with E-state index < -0.39 is 6.17 Å². The molecular weight excluding hydrogens is 180 g/mol. The Morgan fingerprint density at radius 2 is 2.07 bits per heavy atom. The lowest BCUT2D eigenvalue weighted by atomic mass is 10.1. The zero-order valence-corrected chi connectivity index (χ0v) is 8.32. The third kappa shape index (κ3) is 4.69. The Balaban J connectivity index is 4.09. The van der Waals surface area contributed by atoms with E-state index in [1.54, 1.807) is 6.08 Å². The first kappa shape index (κ1) is 12.7. The Morgan fingerprint density at radius 3 is 2.43 bits per heavy atom. The van der Waals surface area contributed by atoms with E-state index in [4.69, 9.17) is 11.5 Å². The summed E-state index contributed by atoms with van der Waals surface area (Å²) in [5.41, 5.74) is 11.6. The van der Waals surface area contributed by atoms with E-state index in [1.807, 2.05) is 0 Å². The number of hydrogen-bond acceptors (Lipinski definition) is 4. The molecule has 4 heteroatoms. The molecule has 0 heterocycles. The molecular formula is C10H16N2O2. The summed E-state index contributed by atoms with van der Waals surface area (Å²) >= 11 is 0. The molecule has 0 fully saturated rings. The van der Waals surface area contributed by atoms with Gasteiger partial charge < -0.3 is 11.5 Å². The van der Waals surface area contributed by atoms with E-state index in [-0.39, 0.29) is 11.4 Å². The van der Waals surface area contributed by atoms with Gasteiger partial charge in [0.1, 0.15) is 0 Å². The molecule has 0 aliphatic heterocycles. The van der Waals surface area contributed by atoms with Gasteiger partial charge in [0.05, 0.1) is 11.7 Å². The molecule has 0 aliphatic rings. The van der Waals surface area contributed by atoms with Crippen LogP contribution in [-0.4, -0.2) is 18.2 Å². The zero-order valence-electron chi connectivity index (χ0n) is 8.32. The molecule has 0 saturated heterocycles. The SMILES string of the molecule is C=C(CC/C=C(\C=O)C(C)=O)C(N)N. The minimum absolute atomic E-state index is 0.184. The van der Waals surface area contributed by atoms with Crippen LogP contribution < -0.4 is 11.5 Å². The Labute approximate surface area is 83.6 Å². The second-order valence-corrected chi connectivity index (χ2v) is 3.06. The highest BCUT2D eigenvalue weighted by atomic mass is 16.1. The van der Waals surface area contributed by atoms with E-state index in [0.717, 1.165) is 0 Å². The second-order valence-electron chi connectivity index (χ2n) is 3.06. The molecule has 0 aromatic heterocycles. The van der Waals surface area contributed by atoms with Crippen molar-refractivity contribution in [3.05, 3.63) is 23.8 Å². The molecule has 0 aliphatic carbocycles. The molecule has 4 nitrogen and oxygen atoms in total. The minimum Gasteiger partial charge on any atom is -0.313 e. The van der Waals surface area contributed by atoms with Gasteiger partial charge in [-0.3, -0.25) is 9.59 Å². The van der Waals surface area contributed by atoms with Crippen molar-refractivity contribution in [2.24, 2.45) is 11.5 Å². The molecule has 0 spiro atoms. The summed E-state index contributed by atoms with van der Waals surface area (Å²) in [5.74, 6) is -0.234. The number of nitrogens with two attached hydrogens (primary N) is 2. The van der Waals surface area contributed by atoms with Gasteiger partial charge in [-0.2, -0.15) is 0 Å². The molecule has 0 amide bonds. The number of rotatable bonds is 6. The second kappa shape index (κ2) is 6.23. The summed E-state index contributed by atoms with van der Waals surface area (Å²) in [4.78, 5) is 21.2. The van der Waals surface area contributed by atoms with Crippen LogP contribution in [0.1, 0.15) is 19.8 Å². The zero-order chi connectivity index (χ0) is 11.1. The Morgan fingerprint density at radius 1 is 1.50 bits per heavy atom. The minimum atomic E-state index is -0.541. The number of aldehydes is 1. The van der Waals surface area contributed by atoms with Crippen molar-refractivity contribution < 1.29 is 9.59 Å². The normalized spacial score (nSPS) is 11.6. The maximum absolute atomic E-state index is 10.8. The third-order valence-corrected chi connectivity index (χ3v) is 1.83. The topological polar surface area (TPSA) is 86.2 Å². The Bertz CT molecular complexity index is 267. The average molecular weight is 196 g/mol. The molecule has 0 atom stereocenters. The third-order valence-electron chi connectivity index (χ3n) is 1.83. The van der Waals surface area contributed by atoms with Crippen LogP contribution in [0.3, 0.4) is 0 Å². The molecule has 0 unspecified atom stereocenters. The average Bonchev–Trinajstić information content (AvgIpc) is 2.11. The van der Waals surface area contributed by atoms with Gasteiger partial charge >= 0.3 is 0 Å². The summed E-state index contributed by atoms with van der Waals surface area (Å²) < 4.78 is 0. The largest absolute Gasteiger partial charge is 0.313 e. The number of allylic oxidation sites excluding steroid dienone is 2. The molecule has 0 aromatic carbocycles. The van der Waals surface area contributed by atoms with Gasteiger partial charge in [-0.05, 0) is 25.3 Å². The van der Waals surface area contributed by atoms with Crippen LogP contribution in [0.15, 0.2) is 23.8 Å². The molecule has 0 radical (unpaired) electrons. The fraction of sp³-hybridized carbons (Fsp3) is 0.400. The Hall–Kier alpha value is -1.26. The van der Waals surface area contributed by atoms with Crippen molar-refractivity contribution in [1.29, 1.82) is 0 Å². The molecule has 14 heavy (non-hydrogen) atoms. The fourth-order valence-electron chi connectivity index (χ4n) is 0.855. The van der Waals surface area contributed by atoms with Crippen LogP contribution in [0.5, 0.6) is 0 Å².